The van der Waals surface area contributed by atoms with E-state index < -0.39 is 6.67 Å². The van der Waals surface area contributed by atoms with E-state index in [1.165, 1.54) is 0 Å². The molecule has 2 aromatic carbocycles. The van der Waals surface area contributed by atoms with Crippen LogP contribution in [0, 0.1) is 0 Å². The molecule has 0 aliphatic carbocycles. The summed E-state index contributed by atoms with van der Waals surface area (Å²) >= 11 is 6.17. The highest BCUT2D eigenvalue weighted by Gasteiger charge is 2.16. The molecule has 0 fully saturated rings. The molecule has 1 atom stereocenters. The lowest BCUT2D eigenvalue weighted by atomic mass is 10.0. The van der Waals surface area contributed by atoms with Crippen LogP contribution in [0.15, 0.2) is 54.6 Å². The SMILES string of the molecule is FCCOC(c1ccccc1)c1ccccc1Cl. The first-order chi connectivity index (χ1) is 8.83. The Bertz CT molecular complexity index is 487. The molecule has 3 heteroatoms. The van der Waals surface area contributed by atoms with Gasteiger partial charge in [0.15, 0.2) is 0 Å². The topological polar surface area (TPSA) is 9.23 Å². The van der Waals surface area contributed by atoms with Crippen LogP contribution < -0.4 is 0 Å². The van der Waals surface area contributed by atoms with Gasteiger partial charge in [-0.25, -0.2) is 4.39 Å². The fourth-order valence-electron chi connectivity index (χ4n) is 1.84. The maximum Gasteiger partial charge on any atom is 0.113 e. The molecular weight excluding hydrogens is 251 g/mol. The molecule has 94 valence electrons. The van der Waals surface area contributed by atoms with E-state index >= 15 is 0 Å². The number of alkyl halides is 1. The second-order valence-electron chi connectivity index (χ2n) is 3.87. The predicted molar refractivity (Wildman–Crippen MR) is 71.7 cm³/mol. The third kappa shape index (κ3) is 3.09. The van der Waals surface area contributed by atoms with Crippen LogP contribution in [0.3, 0.4) is 0 Å². The fraction of sp³-hybridized carbons (Fsp3) is 0.200. The summed E-state index contributed by atoms with van der Waals surface area (Å²) in [5, 5.41) is 0.630. The second-order valence-corrected chi connectivity index (χ2v) is 4.28. The maximum absolute atomic E-state index is 12.3. The van der Waals surface area contributed by atoms with Gasteiger partial charge in [-0.3, -0.25) is 0 Å². The molecule has 0 heterocycles. The summed E-state index contributed by atoms with van der Waals surface area (Å²) < 4.78 is 17.9. The molecule has 0 N–H and O–H groups in total. The summed E-state index contributed by atoms with van der Waals surface area (Å²) in [5.74, 6) is 0. The normalized spacial score (nSPS) is 12.3. The molecule has 0 amide bonds. The van der Waals surface area contributed by atoms with E-state index in [2.05, 4.69) is 0 Å². The van der Waals surface area contributed by atoms with Gasteiger partial charge in [-0.15, -0.1) is 0 Å². The first-order valence-corrected chi connectivity index (χ1v) is 6.17. The highest BCUT2D eigenvalue weighted by Crippen LogP contribution is 2.30. The zero-order valence-corrected chi connectivity index (χ0v) is 10.6. The Morgan fingerprint density at radius 1 is 1.00 bits per heavy atom. The molecule has 1 nitrogen and oxygen atoms in total. The highest BCUT2D eigenvalue weighted by atomic mass is 35.5. The van der Waals surface area contributed by atoms with Crippen molar-refractivity contribution in [3.8, 4) is 0 Å². The van der Waals surface area contributed by atoms with Crippen molar-refractivity contribution in [1.82, 2.24) is 0 Å². The van der Waals surface area contributed by atoms with Crippen molar-refractivity contribution in [3.05, 3.63) is 70.7 Å². The van der Waals surface area contributed by atoms with Gasteiger partial charge < -0.3 is 4.74 Å². The Balaban J connectivity index is 2.34. The summed E-state index contributed by atoms with van der Waals surface area (Å²) in [7, 11) is 0. The minimum atomic E-state index is -0.506. The van der Waals surface area contributed by atoms with Gasteiger partial charge in [-0.05, 0) is 11.6 Å². The minimum absolute atomic E-state index is 0.0603. The molecular formula is C15H14ClFO. The predicted octanol–water partition coefficient (Wildman–Crippen LogP) is 4.42. The van der Waals surface area contributed by atoms with E-state index in [-0.39, 0.29) is 12.7 Å². The number of hydrogen-bond donors (Lipinski definition) is 0. The molecule has 2 aromatic rings. The van der Waals surface area contributed by atoms with E-state index in [9.17, 15) is 4.39 Å². The quantitative estimate of drug-likeness (QED) is 0.777. The van der Waals surface area contributed by atoms with Crippen molar-refractivity contribution >= 4 is 11.6 Å². The van der Waals surface area contributed by atoms with Crippen LogP contribution in [-0.2, 0) is 4.74 Å². The van der Waals surface area contributed by atoms with E-state index in [1.807, 2.05) is 54.6 Å². The number of halogens is 2. The smallest absolute Gasteiger partial charge is 0.113 e. The Morgan fingerprint density at radius 2 is 1.67 bits per heavy atom. The van der Waals surface area contributed by atoms with Gasteiger partial charge in [0.1, 0.15) is 12.8 Å². The van der Waals surface area contributed by atoms with E-state index in [0.717, 1.165) is 11.1 Å². The Morgan fingerprint density at radius 3 is 2.33 bits per heavy atom. The lowest BCUT2D eigenvalue weighted by molar-refractivity contribution is 0.0692. The molecule has 0 aromatic heterocycles. The summed E-state index contributed by atoms with van der Waals surface area (Å²) in [6, 6.07) is 17.2. The van der Waals surface area contributed by atoms with Gasteiger partial charge >= 0.3 is 0 Å². The summed E-state index contributed by atoms with van der Waals surface area (Å²) in [6.07, 6.45) is -0.323. The maximum atomic E-state index is 12.3. The van der Waals surface area contributed by atoms with Crippen LogP contribution in [0.25, 0.3) is 0 Å². The lowest BCUT2D eigenvalue weighted by Crippen LogP contribution is -2.08. The largest absolute Gasteiger partial charge is 0.366 e. The fourth-order valence-corrected chi connectivity index (χ4v) is 2.08. The number of benzene rings is 2. The van der Waals surface area contributed by atoms with Crippen LogP contribution in [0.1, 0.15) is 17.2 Å². The molecule has 0 saturated heterocycles. The van der Waals surface area contributed by atoms with Gasteiger partial charge in [-0.2, -0.15) is 0 Å². The standard InChI is InChI=1S/C15H14ClFO/c16-14-9-5-4-8-13(14)15(18-11-10-17)12-6-2-1-3-7-12/h1-9,15H,10-11H2. The van der Waals surface area contributed by atoms with Crippen molar-refractivity contribution in [2.24, 2.45) is 0 Å². The zero-order valence-electron chi connectivity index (χ0n) is 9.85. The van der Waals surface area contributed by atoms with E-state index in [0.29, 0.717) is 5.02 Å². The molecule has 0 bridgehead atoms. The Kier molecular flexibility index (Phi) is 4.73. The monoisotopic (exact) mass is 264 g/mol. The summed E-state index contributed by atoms with van der Waals surface area (Å²) in [6.45, 7) is -0.446. The van der Waals surface area contributed by atoms with Crippen LogP contribution in [0.2, 0.25) is 5.02 Å². The molecule has 0 aliphatic rings. The first kappa shape index (κ1) is 13.1. The number of ether oxygens (including phenoxy) is 1. The third-order valence-corrected chi connectivity index (χ3v) is 3.00. The molecule has 2 rings (SSSR count). The number of rotatable bonds is 5. The molecule has 0 aliphatic heterocycles. The Labute approximate surface area is 111 Å². The summed E-state index contributed by atoms with van der Waals surface area (Å²) in [5.41, 5.74) is 1.83. The van der Waals surface area contributed by atoms with Crippen molar-refractivity contribution < 1.29 is 9.13 Å². The van der Waals surface area contributed by atoms with Crippen LogP contribution in [0.5, 0.6) is 0 Å². The van der Waals surface area contributed by atoms with Crippen molar-refractivity contribution in [2.45, 2.75) is 6.10 Å². The molecule has 0 spiro atoms. The molecule has 0 saturated carbocycles. The van der Waals surface area contributed by atoms with Gasteiger partial charge in [0.2, 0.25) is 0 Å². The molecule has 18 heavy (non-hydrogen) atoms. The van der Waals surface area contributed by atoms with Gasteiger partial charge in [0.05, 0.1) is 6.61 Å². The average molecular weight is 265 g/mol. The Hall–Kier alpha value is -1.38. The third-order valence-electron chi connectivity index (χ3n) is 2.65. The van der Waals surface area contributed by atoms with Crippen molar-refractivity contribution in [1.29, 1.82) is 0 Å². The van der Waals surface area contributed by atoms with E-state index in [1.54, 1.807) is 0 Å². The van der Waals surface area contributed by atoms with Crippen LogP contribution in [0.4, 0.5) is 4.39 Å². The van der Waals surface area contributed by atoms with Gasteiger partial charge in [0.25, 0.3) is 0 Å². The second kappa shape index (κ2) is 6.53. The minimum Gasteiger partial charge on any atom is -0.366 e. The first-order valence-electron chi connectivity index (χ1n) is 5.80. The highest BCUT2D eigenvalue weighted by molar-refractivity contribution is 6.31. The van der Waals surface area contributed by atoms with Gasteiger partial charge in [0, 0.05) is 10.6 Å². The van der Waals surface area contributed by atoms with Crippen LogP contribution >= 0.6 is 11.6 Å². The zero-order chi connectivity index (χ0) is 12.8. The average Bonchev–Trinajstić information content (AvgIpc) is 2.42. The molecule has 0 radical (unpaired) electrons. The van der Waals surface area contributed by atoms with E-state index in [4.69, 9.17) is 16.3 Å². The van der Waals surface area contributed by atoms with Gasteiger partial charge in [-0.1, -0.05) is 60.1 Å². The summed E-state index contributed by atoms with van der Waals surface area (Å²) in [4.78, 5) is 0. The lowest BCUT2D eigenvalue weighted by Gasteiger charge is -2.19. The molecule has 1 unspecified atom stereocenters. The van der Waals surface area contributed by atoms with Crippen molar-refractivity contribution in [3.63, 3.8) is 0 Å². The van der Waals surface area contributed by atoms with Crippen LogP contribution in [-0.4, -0.2) is 13.3 Å². The number of hydrogen-bond acceptors (Lipinski definition) is 1. The van der Waals surface area contributed by atoms with Crippen molar-refractivity contribution in [2.75, 3.05) is 13.3 Å².